The van der Waals surface area contributed by atoms with Crippen LogP contribution in [0.25, 0.3) is 211 Å². The van der Waals surface area contributed by atoms with Crippen LogP contribution in [0.2, 0.25) is 0 Å². The molecule has 1 aliphatic carbocycles. The van der Waals surface area contributed by atoms with Gasteiger partial charge in [0.2, 0.25) is 0 Å². The van der Waals surface area contributed by atoms with Gasteiger partial charge in [0.05, 0.1) is 66.9 Å². The van der Waals surface area contributed by atoms with Crippen molar-refractivity contribution in [1.82, 2.24) is 38.2 Å². The highest BCUT2D eigenvalue weighted by molar-refractivity contribution is 6.28. The lowest BCUT2D eigenvalue weighted by Crippen LogP contribution is -2.14. The van der Waals surface area contributed by atoms with E-state index in [1.54, 1.807) is 0 Å². The number of furan rings is 1. The quantitative estimate of drug-likeness (QED) is 0.136. The standard InChI is InChI=1S/C55H38N4.C52H32N4O/c1-55(2)45-22-12-9-19-40(45)41-30-27-37(33-46(41)55)48-34-47(56-54(57-48)36-15-5-3-6-16-36)35-25-28-39(29-26-35)58-50-24-14-11-21-44(50)52-51(58)32-31-43-42-20-10-13-23-49(42)59(53(43)52)38-17-7-4-8-18-38;1-3-13-34(14-4-1)52-53-43(32-44(54-52)35-25-30-49-42(31-35)39-18-9-12-22-48(39)57-49)33-23-26-37(27-24-33)55-46-21-11-8-19-41(46)50-47(55)29-28-40-38-17-7-10-20-45(38)56(51(40)50)36-15-5-2-6-16-36/h3-34H,1-2H3;1-32H. The van der Waals surface area contributed by atoms with Gasteiger partial charge in [-0.05, 0) is 150 Å². The van der Waals surface area contributed by atoms with E-state index in [1.807, 2.05) is 60.7 Å². The van der Waals surface area contributed by atoms with Gasteiger partial charge in [-0.25, -0.2) is 19.9 Å². The van der Waals surface area contributed by atoms with Crippen LogP contribution >= 0.6 is 0 Å². The Balaban J connectivity index is 0.000000137. The van der Waals surface area contributed by atoms with Crippen LogP contribution in [-0.4, -0.2) is 38.2 Å². The maximum atomic E-state index is 6.15. The minimum atomic E-state index is -0.105. The van der Waals surface area contributed by atoms with Crippen molar-refractivity contribution in [3.63, 3.8) is 0 Å². The summed E-state index contributed by atoms with van der Waals surface area (Å²) >= 11 is 0. The summed E-state index contributed by atoms with van der Waals surface area (Å²) in [7, 11) is 0. The van der Waals surface area contributed by atoms with Gasteiger partial charge < -0.3 is 22.7 Å². The van der Waals surface area contributed by atoms with E-state index in [-0.39, 0.29) is 5.41 Å². The topological polar surface area (TPSA) is 84.4 Å². The van der Waals surface area contributed by atoms with Crippen LogP contribution in [0.3, 0.4) is 0 Å². The van der Waals surface area contributed by atoms with E-state index in [0.29, 0.717) is 11.6 Å². The third kappa shape index (κ3) is 10.6. The number of hydrogen-bond donors (Lipinski definition) is 0. The highest BCUT2D eigenvalue weighted by Gasteiger charge is 2.36. The molecule has 0 N–H and O–H groups in total. The van der Waals surface area contributed by atoms with Gasteiger partial charge >= 0.3 is 0 Å². The number of benzene rings is 16. The number of aromatic nitrogens is 8. The van der Waals surface area contributed by atoms with Crippen molar-refractivity contribution in [1.29, 1.82) is 0 Å². The van der Waals surface area contributed by atoms with E-state index in [9.17, 15) is 0 Å². The lowest BCUT2D eigenvalue weighted by molar-refractivity contribution is 0.660. The molecule has 0 unspecified atom stereocenters. The van der Waals surface area contributed by atoms with Gasteiger partial charge in [0.15, 0.2) is 11.6 Å². The third-order valence-corrected chi connectivity index (χ3v) is 23.9. The van der Waals surface area contributed by atoms with Crippen LogP contribution in [0.5, 0.6) is 0 Å². The summed E-state index contributed by atoms with van der Waals surface area (Å²) in [6.07, 6.45) is 0. The predicted octanol–water partition coefficient (Wildman–Crippen LogP) is 27.5. The van der Waals surface area contributed by atoms with Gasteiger partial charge in [0.1, 0.15) is 11.2 Å². The maximum Gasteiger partial charge on any atom is 0.160 e. The monoisotopic (exact) mass is 1480 g/mol. The Labute approximate surface area is 667 Å². The average molecular weight is 1480 g/mol. The highest BCUT2D eigenvalue weighted by Crippen LogP contribution is 2.51. The zero-order chi connectivity index (χ0) is 76.7. The number of fused-ring (bicyclic) bond motifs is 20. The molecule has 7 heterocycles. The molecule has 0 saturated heterocycles. The van der Waals surface area contributed by atoms with Crippen LogP contribution in [0, 0.1) is 0 Å². The van der Waals surface area contributed by atoms with Crippen LogP contribution in [-0.2, 0) is 5.41 Å². The molecule has 23 aromatic rings. The van der Waals surface area contributed by atoms with Crippen LogP contribution in [0.15, 0.2) is 393 Å². The van der Waals surface area contributed by atoms with Crippen LogP contribution in [0.4, 0.5) is 0 Å². The first-order valence-corrected chi connectivity index (χ1v) is 39.6. The molecule has 0 aliphatic heterocycles. The summed E-state index contributed by atoms with van der Waals surface area (Å²) in [5.41, 5.74) is 30.6. The smallest absolute Gasteiger partial charge is 0.160 e. The van der Waals surface area contributed by atoms with Gasteiger partial charge in [-0.1, -0.05) is 275 Å². The molecule has 0 atom stereocenters. The molecular formula is C107H70N8O. The van der Waals surface area contributed by atoms with Crippen LogP contribution < -0.4 is 0 Å². The second-order valence-corrected chi connectivity index (χ2v) is 30.8. The fourth-order valence-corrected chi connectivity index (χ4v) is 18.5. The minimum Gasteiger partial charge on any atom is -0.456 e. The van der Waals surface area contributed by atoms with E-state index in [1.165, 1.54) is 98.4 Å². The molecular weight excluding hydrogens is 1410 g/mol. The van der Waals surface area contributed by atoms with Crippen molar-refractivity contribution in [2.45, 2.75) is 19.3 Å². The van der Waals surface area contributed by atoms with Gasteiger partial charge in [-0.3, -0.25) is 0 Å². The van der Waals surface area contributed by atoms with E-state index in [0.717, 1.165) is 112 Å². The molecule has 0 radical (unpaired) electrons. The number of nitrogens with zero attached hydrogens (tertiary/aromatic N) is 8. The molecule has 116 heavy (non-hydrogen) atoms. The Morgan fingerprint density at radius 2 is 0.586 bits per heavy atom. The van der Waals surface area contributed by atoms with Crippen molar-refractivity contribution in [2.24, 2.45) is 0 Å². The Morgan fingerprint density at radius 3 is 1.09 bits per heavy atom. The van der Waals surface area contributed by atoms with Crippen molar-refractivity contribution in [3.05, 3.63) is 399 Å². The average Bonchev–Trinajstić information content (AvgIpc) is 1.55. The molecule has 0 amide bonds. The molecule has 16 aromatic carbocycles. The first-order valence-electron chi connectivity index (χ1n) is 39.6. The maximum absolute atomic E-state index is 6.15. The van der Waals surface area contributed by atoms with Gasteiger partial charge in [0.25, 0.3) is 0 Å². The second kappa shape index (κ2) is 26.4. The van der Waals surface area contributed by atoms with Gasteiger partial charge in [-0.15, -0.1) is 0 Å². The Kier molecular flexibility index (Phi) is 15.1. The molecule has 0 saturated carbocycles. The zero-order valence-electron chi connectivity index (χ0n) is 63.4. The first-order chi connectivity index (χ1) is 57.3. The van der Waals surface area contributed by atoms with E-state index in [4.69, 9.17) is 24.4 Å². The van der Waals surface area contributed by atoms with Crippen LogP contribution in [0.1, 0.15) is 25.0 Å². The zero-order valence-corrected chi connectivity index (χ0v) is 63.4. The Morgan fingerprint density at radius 1 is 0.224 bits per heavy atom. The summed E-state index contributed by atoms with van der Waals surface area (Å²) in [6.45, 7) is 4.65. The van der Waals surface area contributed by atoms with Crippen molar-refractivity contribution in [2.75, 3.05) is 0 Å². The van der Waals surface area contributed by atoms with Crippen molar-refractivity contribution >= 4 is 109 Å². The fourth-order valence-electron chi connectivity index (χ4n) is 18.5. The largest absolute Gasteiger partial charge is 0.456 e. The third-order valence-electron chi connectivity index (χ3n) is 23.9. The van der Waals surface area contributed by atoms with Gasteiger partial charge in [0, 0.05) is 115 Å². The highest BCUT2D eigenvalue weighted by atomic mass is 16.3. The Bertz CT molecular complexity index is 7890. The number of hydrogen-bond acceptors (Lipinski definition) is 5. The second-order valence-electron chi connectivity index (χ2n) is 30.8. The first kappa shape index (κ1) is 66.5. The van der Waals surface area contributed by atoms with Crippen molar-refractivity contribution < 1.29 is 4.42 Å². The summed E-state index contributed by atoms with van der Waals surface area (Å²) < 4.78 is 15.8. The summed E-state index contributed by atoms with van der Waals surface area (Å²) in [5, 5.41) is 12.1. The predicted molar refractivity (Wildman–Crippen MR) is 479 cm³/mol. The van der Waals surface area contributed by atoms with E-state index in [2.05, 4.69) is 360 Å². The summed E-state index contributed by atoms with van der Waals surface area (Å²) in [5.74, 6) is 1.40. The lowest BCUT2D eigenvalue weighted by Gasteiger charge is -2.22. The summed E-state index contributed by atoms with van der Waals surface area (Å²) in [4.78, 5) is 20.7. The Hall–Kier alpha value is -15.3. The molecule has 24 rings (SSSR count). The molecule has 0 spiro atoms. The molecule has 7 aromatic heterocycles. The molecule has 1 aliphatic rings. The molecule has 544 valence electrons. The number of rotatable bonds is 10. The lowest BCUT2D eigenvalue weighted by atomic mass is 9.82. The molecule has 0 fully saturated rings. The molecule has 0 bridgehead atoms. The van der Waals surface area contributed by atoms with Crippen molar-refractivity contribution in [3.8, 4) is 102 Å². The minimum absolute atomic E-state index is 0.105. The number of para-hydroxylation sites is 7. The van der Waals surface area contributed by atoms with E-state index >= 15 is 0 Å². The fraction of sp³-hybridized carbons (Fsp3) is 0.0280. The van der Waals surface area contributed by atoms with Gasteiger partial charge in [-0.2, -0.15) is 0 Å². The van der Waals surface area contributed by atoms with E-state index < -0.39 is 0 Å². The molecule has 9 nitrogen and oxygen atoms in total. The normalized spacial score (nSPS) is 12.5. The SMILES string of the molecule is CC1(C)c2ccccc2-c2ccc(-c3cc(-c4ccc(-n5c6ccccc6c6c5ccc5c7ccccc7n(-c7ccccc7)c56)cc4)nc(-c4ccccc4)n3)cc21.c1ccc(-c2nc(-c3ccc(-n4c5ccccc5c5c4ccc4c6ccccc6n(-c6ccccc6)c45)cc3)cc(-c3ccc4oc5ccccc5c4c3)n2)cc1. The molecule has 9 heteroatoms. The summed E-state index contributed by atoms with van der Waals surface area (Å²) in [6, 6.07) is 138.